The van der Waals surface area contributed by atoms with Crippen LogP contribution in [0.2, 0.25) is 0 Å². The van der Waals surface area contributed by atoms with Crippen molar-refractivity contribution in [3.05, 3.63) is 59.2 Å². The number of allylic oxidation sites excluding steroid dienone is 3. The molecule has 0 fully saturated rings. The average Bonchev–Trinajstić information content (AvgIpc) is 2.66. The third-order valence-electron chi connectivity index (χ3n) is 4.59. The SMILES string of the molecule is COC(=O)[C@H](CC1=CCC(C#N)C=C1)NC(=O)c1ccc(C(C)(C)C)cc1. The van der Waals surface area contributed by atoms with Crippen molar-refractivity contribution < 1.29 is 14.3 Å². The van der Waals surface area contributed by atoms with Crippen LogP contribution in [0.15, 0.2) is 48.1 Å². The molecule has 1 amide bonds. The number of rotatable bonds is 5. The fourth-order valence-corrected chi connectivity index (χ4v) is 2.85. The highest BCUT2D eigenvalue weighted by Crippen LogP contribution is 2.23. The van der Waals surface area contributed by atoms with Crippen LogP contribution < -0.4 is 5.32 Å². The topological polar surface area (TPSA) is 79.2 Å². The zero-order valence-electron chi connectivity index (χ0n) is 16.3. The van der Waals surface area contributed by atoms with Crippen molar-refractivity contribution in [2.24, 2.45) is 5.92 Å². The Morgan fingerprint density at radius 1 is 1.30 bits per heavy atom. The van der Waals surface area contributed by atoms with Crippen molar-refractivity contribution in [3.63, 3.8) is 0 Å². The van der Waals surface area contributed by atoms with E-state index in [0.29, 0.717) is 18.4 Å². The molecule has 0 saturated heterocycles. The fourth-order valence-electron chi connectivity index (χ4n) is 2.85. The minimum atomic E-state index is -0.778. The largest absolute Gasteiger partial charge is 0.467 e. The van der Waals surface area contributed by atoms with Gasteiger partial charge in [-0.2, -0.15) is 5.26 Å². The lowest BCUT2D eigenvalue weighted by Crippen LogP contribution is -2.41. The van der Waals surface area contributed by atoms with Gasteiger partial charge >= 0.3 is 5.97 Å². The van der Waals surface area contributed by atoms with E-state index in [1.807, 2.05) is 30.4 Å². The van der Waals surface area contributed by atoms with E-state index in [-0.39, 0.29) is 17.2 Å². The van der Waals surface area contributed by atoms with Crippen LogP contribution in [0.3, 0.4) is 0 Å². The van der Waals surface area contributed by atoms with Gasteiger partial charge in [0, 0.05) is 12.0 Å². The minimum Gasteiger partial charge on any atom is -0.467 e. The van der Waals surface area contributed by atoms with E-state index in [1.165, 1.54) is 7.11 Å². The molecule has 1 aromatic rings. The number of nitrogens with zero attached hydrogens (tertiary/aromatic N) is 1. The second-order valence-electron chi connectivity index (χ2n) is 7.69. The standard InChI is InChI=1S/C22H26N2O3/c1-22(2,3)18-11-9-17(10-12-18)20(25)24-19(21(26)27-4)13-15-5-7-16(14-23)8-6-15/h5-7,9-12,16,19H,8,13H2,1-4H3,(H,24,25)/t16?,19-/m0/s1. The van der Waals surface area contributed by atoms with Crippen LogP contribution in [-0.2, 0) is 14.9 Å². The number of amides is 1. The van der Waals surface area contributed by atoms with E-state index < -0.39 is 12.0 Å². The number of methoxy groups -OCH3 is 1. The Morgan fingerprint density at radius 2 is 1.96 bits per heavy atom. The lowest BCUT2D eigenvalue weighted by atomic mass is 9.86. The van der Waals surface area contributed by atoms with Crippen LogP contribution in [-0.4, -0.2) is 25.0 Å². The molecule has 1 N–H and O–H groups in total. The highest BCUT2D eigenvalue weighted by Gasteiger charge is 2.24. The summed E-state index contributed by atoms with van der Waals surface area (Å²) in [6, 6.07) is 8.79. The Bertz CT molecular complexity index is 792. The van der Waals surface area contributed by atoms with Gasteiger partial charge in [-0.15, -0.1) is 0 Å². The summed E-state index contributed by atoms with van der Waals surface area (Å²) in [5.74, 6) is -0.950. The van der Waals surface area contributed by atoms with Gasteiger partial charge in [0.2, 0.25) is 0 Å². The van der Waals surface area contributed by atoms with Crippen LogP contribution in [0.25, 0.3) is 0 Å². The number of esters is 1. The molecule has 5 nitrogen and oxygen atoms in total. The van der Waals surface area contributed by atoms with Gasteiger partial charge in [0.1, 0.15) is 6.04 Å². The first-order chi connectivity index (χ1) is 12.7. The van der Waals surface area contributed by atoms with Gasteiger partial charge in [-0.05, 0) is 35.1 Å². The molecule has 27 heavy (non-hydrogen) atoms. The highest BCUT2D eigenvalue weighted by molar-refractivity contribution is 5.96. The predicted molar refractivity (Wildman–Crippen MR) is 104 cm³/mol. The number of ether oxygens (including phenoxy) is 1. The van der Waals surface area contributed by atoms with E-state index >= 15 is 0 Å². The number of hydrogen-bond donors (Lipinski definition) is 1. The van der Waals surface area contributed by atoms with Crippen LogP contribution in [0.4, 0.5) is 0 Å². The number of benzene rings is 1. The van der Waals surface area contributed by atoms with Gasteiger partial charge in [-0.1, -0.05) is 51.1 Å². The summed E-state index contributed by atoms with van der Waals surface area (Å²) in [5.41, 5.74) is 2.54. The Hall–Kier alpha value is -2.87. The third kappa shape index (κ3) is 5.55. The van der Waals surface area contributed by atoms with Crippen molar-refractivity contribution in [1.82, 2.24) is 5.32 Å². The van der Waals surface area contributed by atoms with Gasteiger partial charge in [-0.3, -0.25) is 4.79 Å². The maximum atomic E-state index is 12.6. The lowest BCUT2D eigenvalue weighted by molar-refractivity contribution is -0.142. The van der Waals surface area contributed by atoms with Crippen LogP contribution in [0.1, 0.15) is 49.5 Å². The monoisotopic (exact) mass is 366 g/mol. The summed E-state index contributed by atoms with van der Waals surface area (Å²) < 4.78 is 4.84. The summed E-state index contributed by atoms with van der Waals surface area (Å²) in [7, 11) is 1.30. The smallest absolute Gasteiger partial charge is 0.328 e. The first-order valence-corrected chi connectivity index (χ1v) is 9.00. The average molecular weight is 366 g/mol. The number of carbonyl (C=O) groups is 2. The molecule has 0 aromatic heterocycles. The molecule has 0 saturated carbocycles. The Morgan fingerprint density at radius 3 is 2.44 bits per heavy atom. The van der Waals surface area contributed by atoms with E-state index in [4.69, 9.17) is 10.00 Å². The molecule has 1 aliphatic carbocycles. The second-order valence-corrected chi connectivity index (χ2v) is 7.69. The lowest BCUT2D eigenvalue weighted by Gasteiger charge is -2.20. The summed E-state index contributed by atoms with van der Waals surface area (Å²) >= 11 is 0. The molecule has 2 rings (SSSR count). The molecule has 0 bridgehead atoms. The first kappa shape index (κ1) is 20.4. The molecule has 1 aliphatic rings. The second kappa shape index (κ2) is 8.68. The van der Waals surface area contributed by atoms with Crippen LogP contribution in [0, 0.1) is 17.2 Å². The maximum Gasteiger partial charge on any atom is 0.328 e. The summed E-state index contributed by atoms with van der Waals surface area (Å²) in [6.07, 6.45) is 6.51. The zero-order valence-corrected chi connectivity index (χ0v) is 16.3. The van der Waals surface area contributed by atoms with E-state index in [9.17, 15) is 9.59 Å². The summed E-state index contributed by atoms with van der Waals surface area (Å²) in [5, 5.41) is 11.7. The number of hydrogen-bond acceptors (Lipinski definition) is 4. The van der Waals surface area contributed by atoms with Crippen LogP contribution in [0.5, 0.6) is 0 Å². The Balaban J connectivity index is 2.09. The molecule has 5 heteroatoms. The molecule has 0 radical (unpaired) electrons. The maximum absolute atomic E-state index is 12.6. The first-order valence-electron chi connectivity index (χ1n) is 9.00. The number of nitrogens with one attached hydrogen (secondary N) is 1. The van der Waals surface area contributed by atoms with Crippen molar-refractivity contribution in [2.75, 3.05) is 7.11 Å². The molecular weight excluding hydrogens is 340 g/mol. The van der Waals surface area contributed by atoms with Gasteiger partial charge in [0.05, 0.1) is 19.1 Å². The third-order valence-corrected chi connectivity index (χ3v) is 4.59. The van der Waals surface area contributed by atoms with Gasteiger partial charge in [0.15, 0.2) is 0 Å². The van der Waals surface area contributed by atoms with Gasteiger partial charge < -0.3 is 10.1 Å². The summed E-state index contributed by atoms with van der Waals surface area (Å²) in [4.78, 5) is 24.7. The Kier molecular flexibility index (Phi) is 6.57. The predicted octanol–water partition coefficient (Wildman–Crippen LogP) is 3.67. The minimum absolute atomic E-state index is 0.00460. The van der Waals surface area contributed by atoms with Crippen molar-refractivity contribution >= 4 is 11.9 Å². The molecule has 1 unspecified atom stereocenters. The van der Waals surface area contributed by atoms with Crippen molar-refractivity contribution in [2.45, 2.75) is 45.1 Å². The number of carbonyl (C=O) groups excluding carboxylic acids is 2. The van der Waals surface area contributed by atoms with Crippen molar-refractivity contribution in [1.29, 1.82) is 5.26 Å². The molecular formula is C22H26N2O3. The molecule has 2 atom stereocenters. The normalized spacial score (nSPS) is 17.4. The zero-order chi connectivity index (χ0) is 20.0. The molecule has 0 heterocycles. The van der Waals surface area contributed by atoms with Gasteiger partial charge in [0.25, 0.3) is 5.91 Å². The quantitative estimate of drug-likeness (QED) is 0.807. The van der Waals surface area contributed by atoms with E-state index in [0.717, 1.165) is 11.1 Å². The molecule has 0 aliphatic heterocycles. The van der Waals surface area contributed by atoms with Crippen LogP contribution >= 0.6 is 0 Å². The van der Waals surface area contributed by atoms with E-state index in [2.05, 4.69) is 32.2 Å². The summed E-state index contributed by atoms with van der Waals surface area (Å²) in [6.45, 7) is 6.33. The van der Waals surface area contributed by atoms with Crippen molar-refractivity contribution in [3.8, 4) is 6.07 Å². The highest BCUT2D eigenvalue weighted by atomic mass is 16.5. The van der Waals surface area contributed by atoms with Gasteiger partial charge in [-0.25, -0.2) is 4.79 Å². The molecule has 0 spiro atoms. The Labute approximate surface area is 160 Å². The molecule has 1 aromatic carbocycles. The van der Waals surface area contributed by atoms with E-state index in [1.54, 1.807) is 12.1 Å². The fraction of sp³-hybridized carbons (Fsp3) is 0.409. The number of nitriles is 1. The molecule has 142 valence electrons.